The van der Waals surface area contributed by atoms with Gasteiger partial charge in [-0.25, -0.2) is 0 Å². The highest BCUT2D eigenvalue weighted by Gasteiger charge is 2.19. The SMILES string of the molecule is COc1cc(NCC(O)CO)c([N+](=O)[O-])cc1OC. The highest BCUT2D eigenvalue weighted by molar-refractivity contribution is 5.68. The second-order valence-corrected chi connectivity index (χ2v) is 3.70. The molecule has 0 fully saturated rings. The van der Waals surface area contributed by atoms with E-state index >= 15 is 0 Å². The number of nitrogens with one attached hydrogen (secondary N) is 1. The van der Waals surface area contributed by atoms with Crippen molar-refractivity contribution in [2.24, 2.45) is 0 Å². The quantitative estimate of drug-likeness (QED) is 0.485. The second kappa shape index (κ2) is 6.76. The van der Waals surface area contributed by atoms with Gasteiger partial charge >= 0.3 is 0 Å². The van der Waals surface area contributed by atoms with E-state index in [1.54, 1.807) is 0 Å². The smallest absolute Gasteiger partial charge is 0.296 e. The molecule has 0 aliphatic rings. The van der Waals surface area contributed by atoms with Crippen molar-refractivity contribution in [3.8, 4) is 11.5 Å². The molecule has 0 bridgehead atoms. The maximum Gasteiger partial charge on any atom is 0.296 e. The Labute approximate surface area is 109 Å². The van der Waals surface area contributed by atoms with E-state index in [1.165, 1.54) is 26.4 Å². The van der Waals surface area contributed by atoms with Crippen molar-refractivity contribution in [2.45, 2.75) is 6.10 Å². The minimum absolute atomic E-state index is 0.0210. The Balaban J connectivity index is 3.09. The van der Waals surface area contributed by atoms with Crippen molar-refractivity contribution < 1.29 is 24.6 Å². The molecule has 0 saturated heterocycles. The Morgan fingerprint density at radius 3 is 2.42 bits per heavy atom. The summed E-state index contributed by atoms with van der Waals surface area (Å²) in [5.74, 6) is 0.566. The molecule has 1 aromatic carbocycles. The number of aliphatic hydroxyl groups is 2. The molecule has 106 valence electrons. The van der Waals surface area contributed by atoms with E-state index in [-0.39, 0.29) is 23.7 Å². The van der Waals surface area contributed by atoms with E-state index in [0.29, 0.717) is 5.75 Å². The van der Waals surface area contributed by atoms with Crippen LogP contribution in [0.5, 0.6) is 11.5 Å². The maximum atomic E-state index is 11.0. The molecule has 0 aromatic heterocycles. The van der Waals surface area contributed by atoms with Crippen LogP contribution < -0.4 is 14.8 Å². The monoisotopic (exact) mass is 272 g/mol. The lowest BCUT2D eigenvalue weighted by Gasteiger charge is -2.13. The average Bonchev–Trinajstić information content (AvgIpc) is 2.43. The van der Waals surface area contributed by atoms with Crippen molar-refractivity contribution in [1.29, 1.82) is 0 Å². The minimum Gasteiger partial charge on any atom is -0.493 e. The van der Waals surface area contributed by atoms with E-state index in [0.717, 1.165) is 0 Å². The predicted molar refractivity (Wildman–Crippen MR) is 67.8 cm³/mol. The Kier molecular flexibility index (Phi) is 5.34. The fraction of sp³-hybridized carbons (Fsp3) is 0.455. The number of nitro groups is 1. The van der Waals surface area contributed by atoms with Crippen LogP contribution >= 0.6 is 0 Å². The molecule has 1 unspecified atom stereocenters. The number of rotatable bonds is 7. The number of hydrogen-bond acceptors (Lipinski definition) is 7. The molecule has 0 spiro atoms. The number of methoxy groups -OCH3 is 2. The zero-order chi connectivity index (χ0) is 14.4. The molecule has 1 atom stereocenters. The first-order valence-electron chi connectivity index (χ1n) is 5.46. The molecule has 8 nitrogen and oxygen atoms in total. The van der Waals surface area contributed by atoms with Gasteiger partial charge in [0.25, 0.3) is 5.69 Å². The van der Waals surface area contributed by atoms with Gasteiger partial charge in [-0.05, 0) is 0 Å². The van der Waals surface area contributed by atoms with Crippen LogP contribution in [0, 0.1) is 10.1 Å². The second-order valence-electron chi connectivity index (χ2n) is 3.70. The van der Waals surface area contributed by atoms with E-state index in [4.69, 9.17) is 14.6 Å². The van der Waals surface area contributed by atoms with E-state index in [1.807, 2.05) is 0 Å². The molecule has 0 saturated carbocycles. The number of aliphatic hydroxyl groups excluding tert-OH is 2. The van der Waals surface area contributed by atoms with Crippen molar-refractivity contribution in [3.05, 3.63) is 22.2 Å². The average molecular weight is 272 g/mol. The normalized spacial score (nSPS) is 11.8. The summed E-state index contributed by atoms with van der Waals surface area (Å²) in [4.78, 5) is 10.4. The summed E-state index contributed by atoms with van der Waals surface area (Å²) in [7, 11) is 2.79. The first kappa shape index (κ1) is 15.0. The fourth-order valence-electron chi connectivity index (χ4n) is 1.45. The van der Waals surface area contributed by atoms with Gasteiger partial charge in [-0.3, -0.25) is 10.1 Å². The molecular weight excluding hydrogens is 256 g/mol. The molecule has 1 aromatic rings. The fourth-order valence-corrected chi connectivity index (χ4v) is 1.45. The first-order chi connectivity index (χ1) is 9.03. The van der Waals surface area contributed by atoms with Crippen LogP contribution in [0.4, 0.5) is 11.4 Å². The number of nitrogens with zero attached hydrogens (tertiary/aromatic N) is 1. The minimum atomic E-state index is -1.01. The van der Waals surface area contributed by atoms with Gasteiger partial charge in [0.05, 0.1) is 37.9 Å². The van der Waals surface area contributed by atoms with Gasteiger partial charge in [0.2, 0.25) is 0 Å². The van der Waals surface area contributed by atoms with Crippen LogP contribution in [0.15, 0.2) is 12.1 Å². The van der Waals surface area contributed by atoms with Crippen molar-refractivity contribution >= 4 is 11.4 Å². The maximum absolute atomic E-state index is 11.0. The van der Waals surface area contributed by atoms with Crippen LogP contribution in [-0.4, -0.2) is 48.6 Å². The van der Waals surface area contributed by atoms with E-state index < -0.39 is 17.6 Å². The van der Waals surface area contributed by atoms with Crippen LogP contribution in [0.25, 0.3) is 0 Å². The van der Waals surface area contributed by atoms with Gasteiger partial charge < -0.3 is 25.0 Å². The largest absolute Gasteiger partial charge is 0.493 e. The van der Waals surface area contributed by atoms with Crippen LogP contribution in [0.2, 0.25) is 0 Å². The summed E-state index contributed by atoms with van der Waals surface area (Å²) in [5.41, 5.74) is -0.0297. The molecule has 0 aliphatic heterocycles. The lowest BCUT2D eigenvalue weighted by atomic mass is 10.2. The van der Waals surface area contributed by atoms with Crippen molar-refractivity contribution in [3.63, 3.8) is 0 Å². The number of ether oxygens (including phenoxy) is 2. The third-order valence-electron chi connectivity index (χ3n) is 2.44. The summed E-state index contributed by atoms with van der Waals surface area (Å²) in [6.45, 7) is -0.457. The molecule has 0 aliphatic carbocycles. The molecule has 0 heterocycles. The zero-order valence-electron chi connectivity index (χ0n) is 10.6. The molecule has 0 radical (unpaired) electrons. The molecule has 19 heavy (non-hydrogen) atoms. The topological polar surface area (TPSA) is 114 Å². The molecule has 3 N–H and O–H groups in total. The third kappa shape index (κ3) is 3.70. The van der Waals surface area contributed by atoms with Gasteiger partial charge in [-0.15, -0.1) is 0 Å². The first-order valence-corrected chi connectivity index (χ1v) is 5.46. The van der Waals surface area contributed by atoms with Gasteiger partial charge in [0.15, 0.2) is 11.5 Å². The Bertz CT molecular complexity index is 451. The Morgan fingerprint density at radius 2 is 1.95 bits per heavy atom. The molecule has 0 amide bonds. The van der Waals surface area contributed by atoms with Gasteiger partial charge in [0, 0.05) is 12.6 Å². The Hall–Kier alpha value is -2.06. The lowest BCUT2D eigenvalue weighted by molar-refractivity contribution is -0.384. The molecule has 8 heteroatoms. The highest BCUT2D eigenvalue weighted by atomic mass is 16.6. The standard InChI is InChI=1S/C11H16N2O6/c1-18-10-3-8(12-5-7(15)6-14)9(13(16)17)4-11(10)19-2/h3-4,7,12,14-15H,5-6H2,1-2H3. The van der Waals surface area contributed by atoms with Crippen molar-refractivity contribution in [1.82, 2.24) is 0 Å². The van der Waals surface area contributed by atoms with Crippen LogP contribution in [0.1, 0.15) is 0 Å². The van der Waals surface area contributed by atoms with Gasteiger partial charge in [-0.1, -0.05) is 0 Å². The van der Waals surface area contributed by atoms with Crippen LogP contribution in [-0.2, 0) is 0 Å². The highest BCUT2D eigenvalue weighted by Crippen LogP contribution is 2.37. The summed E-state index contributed by atoms with van der Waals surface area (Å²) >= 11 is 0. The zero-order valence-corrected chi connectivity index (χ0v) is 10.6. The number of nitro benzene ring substituents is 1. The van der Waals surface area contributed by atoms with Crippen molar-refractivity contribution in [2.75, 3.05) is 32.7 Å². The number of hydrogen-bond donors (Lipinski definition) is 3. The number of anilines is 1. The molecule has 1 rings (SSSR count). The lowest BCUT2D eigenvalue weighted by Crippen LogP contribution is -2.23. The summed E-state index contributed by atoms with van der Waals surface area (Å²) in [6, 6.07) is 2.63. The van der Waals surface area contributed by atoms with Gasteiger partial charge in [0.1, 0.15) is 5.69 Å². The summed E-state index contributed by atoms with van der Waals surface area (Å²) in [6.07, 6.45) is -1.01. The summed E-state index contributed by atoms with van der Waals surface area (Å²) in [5, 5.41) is 31.6. The summed E-state index contributed by atoms with van der Waals surface area (Å²) < 4.78 is 10.0. The molecular formula is C11H16N2O6. The predicted octanol–water partition coefficient (Wildman–Crippen LogP) is 0.377. The van der Waals surface area contributed by atoms with Crippen LogP contribution in [0.3, 0.4) is 0 Å². The van der Waals surface area contributed by atoms with E-state index in [2.05, 4.69) is 5.32 Å². The van der Waals surface area contributed by atoms with Gasteiger partial charge in [-0.2, -0.15) is 0 Å². The Morgan fingerprint density at radius 1 is 1.37 bits per heavy atom. The number of benzene rings is 1. The third-order valence-corrected chi connectivity index (χ3v) is 2.44. The van der Waals surface area contributed by atoms with E-state index in [9.17, 15) is 15.2 Å².